The van der Waals surface area contributed by atoms with Crippen LogP contribution in [0.4, 0.5) is 11.5 Å². The number of anilines is 2. The molecule has 3 aromatic rings. The van der Waals surface area contributed by atoms with E-state index in [1.807, 2.05) is 68.4 Å². The van der Waals surface area contributed by atoms with Crippen LogP contribution in [0.3, 0.4) is 0 Å². The second-order valence-electron chi connectivity index (χ2n) is 7.56. The Labute approximate surface area is 182 Å². The van der Waals surface area contributed by atoms with Crippen LogP contribution in [0.25, 0.3) is 11.3 Å². The van der Waals surface area contributed by atoms with Crippen molar-refractivity contribution in [3.8, 4) is 17.0 Å². The zero-order chi connectivity index (χ0) is 21.6. The number of nitrogens with one attached hydrogen (secondary N) is 1. The number of hydrogen-bond acceptors (Lipinski definition) is 6. The average molecular weight is 418 g/mol. The summed E-state index contributed by atoms with van der Waals surface area (Å²) in [6.07, 6.45) is 0. The molecule has 1 aliphatic heterocycles. The summed E-state index contributed by atoms with van der Waals surface area (Å²) in [6, 6.07) is 17.4. The number of aryl methyl sites for hydroxylation is 2. The van der Waals surface area contributed by atoms with Gasteiger partial charge >= 0.3 is 0 Å². The predicted octanol–water partition coefficient (Wildman–Crippen LogP) is 3.61. The van der Waals surface area contributed by atoms with Crippen LogP contribution in [-0.4, -0.2) is 49.0 Å². The number of benzene rings is 2. The molecule has 2 aromatic carbocycles. The van der Waals surface area contributed by atoms with Crippen molar-refractivity contribution >= 4 is 17.4 Å². The number of nitrogens with zero attached hydrogens (tertiary/aromatic N) is 3. The Morgan fingerprint density at radius 2 is 1.81 bits per heavy atom. The van der Waals surface area contributed by atoms with Crippen LogP contribution < -0.4 is 15.0 Å². The van der Waals surface area contributed by atoms with Gasteiger partial charge in [0.1, 0.15) is 5.75 Å². The lowest BCUT2D eigenvalue weighted by molar-refractivity contribution is -0.118. The van der Waals surface area contributed by atoms with Gasteiger partial charge in [-0.3, -0.25) is 4.79 Å². The average Bonchev–Trinajstić information content (AvgIpc) is 2.80. The van der Waals surface area contributed by atoms with E-state index in [0.29, 0.717) is 18.9 Å². The highest BCUT2D eigenvalue weighted by atomic mass is 16.5. The third-order valence-corrected chi connectivity index (χ3v) is 5.14. The highest BCUT2D eigenvalue weighted by Crippen LogP contribution is 2.22. The molecule has 0 bridgehead atoms. The number of aromatic nitrogens is 2. The van der Waals surface area contributed by atoms with Crippen LogP contribution in [0.5, 0.6) is 5.75 Å². The van der Waals surface area contributed by atoms with E-state index < -0.39 is 0 Å². The monoisotopic (exact) mass is 418 g/mol. The Hall–Kier alpha value is -3.45. The molecule has 1 aliphatic rings. The fourth-order valence-electron chi connectivity index (χ4n) is 3.47. The summed E-state index contributed by atoms with van der Waals surface area (Å²) >= 11 is 0. The largest absolute Gasteiger partial charge is 0.483 e. The van der Waals surface area contributed by atoms with Crippen molar-refractivity contribution in [1.29, 1.82) is 0 Å². The van der Waals surface area contributed by atoms with Crippen molar-refractivity contribution in [1.82, 2.24) is 10.2 Å². The van der Waals surface area contributed by atoms with Crippen molar-refractivity contribution < 1.29 is 14.3 Å². The molecule has 0 aliphatic carbocycles. The molecule has 2 heterocycles. The fraction of sp³-hybridized carbons (Fsp3) is 0.292. The van der Waals surface area contributed by atoms with Crippen molar-refractivity contribution in [3.05, 3.63) is 65.7 Å². The van der Waals surface area contributed by atoms with Crippen LogP contribution in [0.2, 0.25) is 0 Å². The molecule has 0 spiro atoms. The molecule has 1 N–H and O–H groups in total. The topological polar surface area (TPSA) is 76.6 Å². The first kappa shape index (κ1) is 20.8. The number of amides is 1. The summed E-state index contributed by atoms with van der Waals surface area (Å²) in [5, 5.41) is 11.6. The summed E-state index contributed by atoms with van der Waals surface area (Å²) in [7, 11) is 0. The van der Waals surface area contributed by atoms with Crippen molar-refractivity contribution in [2.24, 2.45) is 0 Å². The molecule has 160 valence electrons. The van der Waals surface area contributed by atoms with E-state index in [-0.39, 0.29) is 12.5 Å². The van der Waals surface area contributed by atoms with E-state index in [4.69, 9.17) is 9.47 Å². The molecular weight excluding hydrogens is 392 g/mol. The second-order valence-corrected chi connectivity index (χ2v) is 7.56. The molecule has 0 atom stereocenters. The number of ether oxygens (including phenoxy) is 2. The third-order valence-electron chi connectivity index (χ3n) is 5.14. The van der Waals surface area contributed by atoms with Gasteiger partial charge in [0.05, 0.1) is 18.9 Å². The van der Waals surface area contributed by atoms with Gasteiger partial charge in [0.25, 0.3) is 5.91 Å². The maximum Gasteiger partial charge on any atom is 0.262 e. The molecule has 1 fully saturated rings. The van der Waals surface area contributed by atoms with Gasteiger partial charge in [-0.05, 0) is 49.7 Å². The normalized spacial score (nSPS) is 13.7. The smallest absolute Gasteiger partial charge is 0.262 e. The third kappa shape index (κ3) is 5.38. The number of rotatable bonds is 6. The first-order valence-corrected chi connectivity index (χ1v) is 10.4. The summed E-state index contributed by atoms with van der Waals surface area (Å²) in [6.45, 7) is 7.04. The molecule has 7 nitrogen and oxygen atoms in total. The highest BCUT2D eigenvalue weighted by Gasteiger charge is 2.13. The zero-order valence-electron chi connectivity index (χ0n) is 17.8. The summed E-state index contributed by atoms with van der Waals surface area (Å²) in [5.74, 6) is 1.37. The highest BCUT2D eigenvalue weighted by molar-refractivity contribution is 5.92. The molecule has 7 heteroatoms. The van der Waals surface area contributed by atoms with Crippen LogP contribution in [0.1, 0.15) is 11.1 Å². The minimum Gasteiger partial charge on any atom is -0.483 e. The number of carbonyl (C=O) groups excluding carboxylic acids is 1. The van der Waals surface area contributed by atoms with Gasteiger partial charge in [-0.1, -0.05) is 29.8 Å². The van der Waals surface area contributed by atoms with Crippen molar-refractivity contribution in [2.75, 3.05) is 43.1 Å². The number of carbonyl (C=O) groups is 1. The Morgan fingerprint density at radius 3 is 2.48 bits per heavy atom. The minimum absolute atomic E-state index is 0.0415. The van der Waals surface area contributed by atoms with E-state index >= 15 is 0 Å². The minimum atomic E-state index is -0.206. The lowest BCUT2D eigenvalue weighted by atomic mass is 10.1. The van der Waals surface area contributed by atoms with E-state index in [2.05, 4.69) is 20.4 Å². The molecule has 31 heavy (non-hydrogen) atoms. The number of morpholine rings is 1. The molecular formula is C24H26N4O3. The van der Waals surface area contributed by atoms with Crippen LogP contribution in [0, 0.1) is 13.8 Å². The fourth-order valence-corrected chi connectivity index (χ4v) is 3.47. The summed E-state index contributed by atoms with van der Waals surface area (Å²) in [5.41, 5.74) is 4.60. The van der Waals surface area contributed by atoms with Gasteiger partial charge in [-0.25, -0.2) is 0 Å². The quantitative estimate of drug-likeness (QED) is 0.659. The van der Waals surface area contributed by atoms with Crippen LogP contribution >= 0.6 is 0 Å². The van der Waals surface area contributed by atoms with E-state index in [9.17, 15) is 4.79 Å². The number of hydrogen-bond donors (Lipinski definition) is 1. The lowest BCUT2D eigenvalue weighted by Gasteiger charge is -2.27. The second kappa shape index (κ2) is 9.57. The Balaban J connectivity index is 1.32. The van der Waals surface area contributed by atoms with Gasteiger partial charge in [0.15, 0.2) is 12.4 Å². The molecule has 0 radical (unpaired) electrons. The summed E-state index contributed by atoms with van der Waals surface area (Å²) in [4.78, 5) is 14.4. The van der Waals surface area contributed by atoms with E-state index in [0.717, 1.165) is 47.0 Å². The Morgan fingerprint density at radius 1 is 1.03 bits per heavy atom. The Bertz CT molecular complexity index is 1030. The molecule has 1 saturated heterocycles. The van der Waals surface area contributed by atoms with E-state index in [1.165, 1.54) is 0 Å². The Kier molecular flexibility index (Phi) is 6.43. The van der Waals surface area contributed by atoms with Crippen LogP contribution in [-0.2, 0) is 9.53 Å². The predicted molar refractivity (Wildman–Crippen MR) is 121 cm³/mol. The van der Waals surface area contributed by atoms with Gasteiger partial charge in [-0.2, -0.15) is 0 Å². The maximum atomic E-state index is 12.2. The lowest BCUT2D eigenvalue weighted by Crippen LogP contribution is -2.36. The SMILES string of the molecule is Cc1ccc(OCC(=O)Nc2ccc(-c3ccc(N4CCOCC4)nn3)cc2)c(C)c1. The standard InChI is InChI=1S/C24H26N4O3/c1-17-3-9-22(18(2)15-17)31-16-24(29)25-20-6-4-19(5-7-20)21-8-10-23(27-26-21)28-11-13-30-14-12-28/h3-10,15H,11-14,16H2,1-2H3,(H,25,29). The van der Waals surface area contributed by atoms with Crippen molar-refractivity contribution in [2.45, 2.75) is 13.8 Å². The van der Waals surface area contributed by atoms with Crippen LogP contribution in [0.15, 0.2) is 54.6 Å². The zero-order valence-corrected chi connectivity index (χ0v) is 17.8. The van der Waals surface area contributed by atoms with Gasteiger partial charge < -0.3 is 19.7 Å². The van der Waals surface area contributed by atoms with Crippen molar-refractivity contribution in [3.63, 3.8) is 0 Å². The first-order chi connectivity index (χ1) is 15.1. The summed E-state index contributed by atoms with van der Waals surface area (Å²) < 4.78 is 11.0. The molecule has 0 unspecified atom stereocenters. The van der Waals surface area contributed by atoms with E-state index in [1.54, 1.807) is 0 Å². The first-order valence-electron chi connectivity index (χ1n) is 10.4. The molecule has 0 saturated carbocycles. The van der Waals surface area contributed by atoms with Gasteiger partial charge in [0.2, 0.25) is 0 Å². The molecule has 1 amide bonds. The van der Waals surface area contributed by atoms with Gasteiger partial charge in [-0.15, -0.1) is 10.2 Å². The molecule has 4 rings (SSSR count). The molecule has 1 aromatic heterocycles. The van der Waals surface area contributed by atoms with Gasteiger partial charge in [0, 0.05) is 24.3 Å². The maximum absolute atomic E-state index is 12.2.